The van der Waals surface area contributed by atoms with Gasteiger partial charge in [-0.3, -0.25) is 0 Å². The molecule has 1 rings (SSSR count). The number of guanidine groups is 1. The van der Waals surface area contributed by atoms with Crippen molar-refractivity contribution in [3.05, 3.63) is 0 Å². The summed E-state index contributed by atoms with van der Waals surface area (Å²) >= 11 is 0. The Balaban J connectivity index is 2.51. The van der Waals surface area contributed by atoms with Crippen molar-refractivity contribution in [3.63, 3.8) is 0 Å². The first-order chi connectivity index (χ1) is 5.65. The maximum Gasteiger partial charge on any atom is 0.213 e. The molecule has 2 atom stereocenters. The Labute approximate surface area is 73.6 Å². The lowest BCUT2D eigenvalue weighted by Gasteiger charge is -2.35. The predicted molar refractivity (Wildman–Crippen MR) is 50.3 cm³/mol. The van der Waals surface area contributed by atoms with Crippen molar-refractivity contribution in [1.82, 2.24) is 4.90 Å². The molecule has 1 saturated heterocycles. The van der Waals surface area contributed by atoms with E-state index in [9.17, 15) is 0 Å². The number of piperidine rings is 1. The van der Waals surface area contributed by atoms with Crippen LogP contribution < -0.4 is 11.6 Å². The van der Waals surface area contributed by atoms with Gasteiger partial charge in [0.15, 0.2) is 0 Å². The third-order valence-corrected chi connectivity index (χ3v) is 2.79. The number of nitrogens with zero attached hydrogens (tertiary/aromatic N) is 2. The first-order valence-electron chi connectivity index (χ1n) is 4.43. The van der Waals surface area contributed by atoms with Crippen LogP contribution in [0.2, 0.25) is 0 Å². The molecule has 0 aliphatic carbocycles. The quantitative estimate of drug-likeness (QED) is 0.235. The van der Waals surface area contributed by atoms with Crippen LogP contribution in [0.3, 0.4) is 0 Å². The van der Waals surface area contributed by atoms with Crippen LogP contribution in [-0.2, 0) is 0 Å². The van der Waals surface area contributed by atoms with Crippen LogP contribution in [0, 0.1) is 11.8 Å². The molecule has 70 valence electrons. The van der Waals surface area contributed by atoms with E-state index in [1.807, 2.05) is 4.90 Å². The van der Waals surface area contributed by atoms with Crippen LogP contribution in [0.1, 0.15) is 20.3 Å². The number of hydrogen-bond acceptors (Lipinski definition) is 2. The topological polar surface area (TPSA) is 67.6 Å². The molecule has 0 aromatic heterocycles. The Bertz CT molecular complexity index is 178. The van der Waals surface area contributed by atoms with Gasteiger partial charge in [-0.25, -0.2) is 0 Å². The lowest BCUT2D eigenvalue weighted by Crippen LogP contribution is -2.46. The van der Waals surface area contributed by atoms with Crippen molar-refractivity contribution in [2.45, 2.75) is 20.3 Å². The average Bonchev–Trinajstić information content (AvgIpc) is 2.08. The second-order valence-corrected chi connectivity index (χ2v) is 3.68. The van der Waals surface area contributed by atoms with E-state index < -0.39 is 0 Å². The van der Waals surface area contributed by atoms with Crippen LogP contribution >= 0.6 is 0 Å². The second kappa shape index (κ2) is 3.65. The summed E-state index contributed by atoms with van der Waals surface area (Å²) in [6.07, 6.45) is 1.18. The first-order valence-corrected chi connectivity index (χ1v) is 4.43. The molecule has 0 amide bonds. The van der Waals surface area contributed by atoms with Gasteiger partial charge in [-0.15, -0.1) is 5.10 Å². The van der Waals surface area contributed by atoms with Gasteiger partial charge in [-0.1, -0.05) is 13.8 Å². The molecule has 4 N–H and O–H groups in total. The summed E-state index contributed by atoms with van der Waals surface area (Å²) in [5, 5.41) is 3.49. The normalized spacial score (nSPS) is 32.2. The molecule has 0 spiro atoms. The molecule has 1 aliphatic rings. The molecule has 4 heteroatoms. The van der Waals surface area contributed by atoms with Crippen molar-refractivity contribution in [2.24, 2.45) is 28.5 Å². The summed E-state index contributed by atoms with van der Waals surface area (Å²) < 4.78 is 0. The molecule has 0 radical (unpaired) electrons. The third kappa shape index (κ3) is 1.81. The fourth-order valence-electron chi connectivity index (χ4n) is 1.55. The molecule has 1 aliphatic heterocycles. The van der Waals surface area contributed by atoms with E-state index in [0.29, 0.717) is 11.9 Å². The number of hydrogen-bond donors (Lipinski definition) is 2. The van der Waals surface area contributed by atoms with E-state index in [2.05, 4.69) is 18.9 Å². The van der Waals surface area contributed by atoms with Crippen LogP contribution in [-0.4, -0.2) is 23.9 Å². The van der Waals surface area contributed by atoms with Gasteiger partial charge in [0.25, 0.3) is 0 Å². The van der Waals surface area contributed by atoms with Crippen molar-refractivity contribution < 1.29 is 0 Å². The highest BCUT2D eigenvalue weighted by molar-refractivity contribution is 5.77. The van der Waals surface area contributed by atoms with Crippen LogP contribution in [0.4, 0.5) is 0 Å². The van der Waals surface area contributed by atoms with Crippen molar-refractivity contribution in [1.29, 1.82) is 0 Å². The standard InChI is InChI=1S/C8H18N4/c1-6-3-4-12(5-7(6)2)8(9)11-10/h6-7H,3-5,10H2,1-2H3,(H2,9,11). The zero-order chi connectivity index (χ0) is 9.14. The highest BCUT2D eigenvalue weighted by Crippen LogP contribution is 2.21. The minimum absolute atomic E-state index is 0.466. The molecule has 0 bridgehead atoms. The van der Waals surface area contributed by atoms with E-state index in [0.717, 1.165) is 19.0 Å². The summed E-state index contributed by atoms with van der Waals surface area (Å²) in [5.41, 5.74) is 5.61. The summed E-state index contributed by atoms with van der Waals surface area (Å²) in [4.78, 5) is 2.05. The Morgan fingerprint density at radius 3 is 2.58 bits per heavy atom. The van der Waals surface area contributed by atoms with E-state index >= 15 is 0 Å². The SMILES string of the molecule is CC1CCN(/C(N)=N/N)CC1C. The van der Waals surface area contributed by atoms with Gasteiger partial charge in [0, 0.05) is 13.1 Å². The Hall–Kier alpha value is -0.930. The lowest BCUT2D eigenvalue weighted by atomic mass is 9.89. The zero-order valence-electron chi connectivity index (χ0n) is 7.83. The van der Waals surface area contributed by atoms with Gasteiger partial charge >= 0.3 is 0 Å². The molecule has 0 saturated carbocycles. The Morgan fingerprint density at radius 1 is 1.42 bits per heavy atom. The van der Waals surface area contributed by atoms with Crippen molar-refractivity contribution in [3.8, 4) is 0 Å². The van der Waals surface area contributed by atoms with E-state index in [4.69, 9.17) is 11.6 Å². The molecule has 1 fully saturated rings. The van der Waals surface area contributed by atoms with E-state index in [1.165, 1.54) is 6.42 Å². The van der Waals surface area contributed by atoms with E-state index in [1.54, 1.807) is 0 Å². The van der Waals surface area contributed by atoms with Gasteiger partial charge in [-0.05, 0) is 18.3 Å². The molecule has 1 heterocycles. The third-order valence-electron chi connectivity index (χ3n) is 2.79. The van der Waals surface area contributed by atoms with Crippen LogP contribution in [0.5, 0.6) is 0 Å². The molecule has 0 aromatic carbocycles. The number of rotatable bonds is 0. The average molecular weight is 170 g/mol. The molecule has 2 unspecified atom stereocenters. The number of likely N-dealkylation sites (tertiary alicyclic amines) is 1. The fourth-order valence-corrected chi connectivity index (χ4v) is 1.55. The summed E-state index contributed by atoms with van der Waals surface area (Å²) in [6, 6.07) is 0. The smallest absolute Gasteiger partial charge is 0.213 e. The number of nitrogens with two attached hydrogens (primary N) is 2. The van der Waals surface area contributed by atoms with Gasteiger partial charge in [-0.2, -0.15) is 0 Å². The largest absolute Gasteiger partial charge is 0.368 e. The maximum atomic E-state index is 5.61. The maximum absolute atomic E-state index is 5.61. The summed E-state index contributed by atoms with van der Waals surface area (Å²) in [6.45, 7) is 6.48. The molecule has 4 nitrogen and oxygen atoms in total. The monoisotopic (exact) mass is 170 g/mol. The fraction of sp³-hybridized carbons (Fsp3) is 0.875. The minimum Gasteiger partial charge on any atom is -0.368 e. The molecule has 12 heavy (non-hydrogen) atoms. The van der Waals surface area contributed by atoms with Gasteiger partial charge in [0.05, 0.1) is 0 Å². The lowest BCUT2D eigenvalue weighted by molar-refractivity contribution is 0.202. The van der Waals surface area contributed by atoms with Crippen molar-refractivity contribution in [2.75, 3.05) is 13.1 Å². The molecular weight excluding hydrogens is 152 g/mol. The second-order valence-electron chi connectivity index (χ2n) is 3.68. The minimum atomic E-state index is 0.466. The van der Waals surface area contributed by atoms with E-state index in [-0.39, 0.29) is 0 Å². The first kappa shape index (κ1) is 9.16. The Kier molecular flexibility index (Phi) is 2.78. The van der Waals surface area contributed by atoms with Crippen LogP contribution in [0.25, 0.3) is 0 Å². The van der Waals surface area contributed by atoms with Crippen LogP contribution in [0.15, 0.2) is 5.10 Å². The molecular formula is C8H18N4. The highest BCUT2D eigenvalue weighted by Gasteiger charge is 2.23. The predicted octanol–water partition coefficient (Wildman–Crippen LogP) is 0.153. The summed E-state index contributed by atoms with van der Waals surface area (Å²) in [5.74, 6) is 7.03. The van der Waals surface area contributed by atoms with Crippen molar-refractivity contribution >= 4 is 5.96 Å². The zero-order valence-corrected chi connectivity index (χ0v) is 7.83. The molecule has 0 aromatic rings. The van der Waals surface area contributed by atoms with Gasteiger partial charge in [0.1, 0.15) is 0 Å². The van der Waals surface area contributed by atoms with Gasteiger partial charge in [0.2, 0.25) is 5.96 Å². The number of hydrazone groups is 1. The Morgan fingerprint density at radius 2 is 2.08 bits per heavy atom. The summed E-state index contributed by atoms with van der Waals surface area (Å²) in [7, 11) is 0. The van der Waals surface area contributed by atoms with Gasteiger partial charge < -0.3 is 16.5 Å². The highest BCUT2D eigenvalue weighted by atomic mass is 15.3.